The summed E-state index contributed by atoms with van der Waals surface area (Å²) in [4.78, 5) is 11.4. The third-order valence-corrected chi connectivity index (χ3v) is 3.06. The lowest BCUT2D eigenvalue weighted by Crippen LogP contribution is -2.20. The first kappa shape index (κ1) is 12.8. The minimum absolute atomic E-state index is 0.117. The molecule has 0 aliphatic rings. The molecule has 1 rings (SSSR count). The average molecular weight is 219 g/mol. The average Bonchev–Trinajstić information content (AvgIpc) is 2.35. The SMILES string of the molecule is CCc1ccc(C(CC)CC(=O)NC)cc1. The van der Waals surface area contributed by atoms with Crippen LogP contribution < -0.4 is 5.32 Å². The van der Waals surface area contributed by atoms with E-state index in [2.05, 4.69) is 43.4 Å². The van der Waals surface area contributed by atoms with Gasteiger partial charge in [0, 0.05) is 13.5 Å². The van der Waals surface area contributed by atoms with Crippen molar-refractivity contribution in [3.63, 3.8) is 0 Å². The van der Waals surface area contributed by atoms with Crippen molar-refractivity contribution in [3.05, 3.63) is 35.4 Å². The lowest BCUT2D eigenvalue weighted by Gasteiger charge is -2.14. The minimum atomic E-state index is 0.117. The van der Waals surface area contributed by atoms with Crippen LogP contribution in [0.15, 0.2) is 24.3 Å². The lowest BCUT2D eigenvalue weighted by molar-refractivity contribution is -0.121. The molecule has 1 amide bonds. The highest BCUT2D eigenvalue weighted by molar-refractivity contribution is 5.76. The number of nitrogens with one attached hydrogen (secondary N) is 1. The van der Waals surface area contributed by atoms with Crippen molar-refractivity contribution < 1.29 is 4.79 Å². The van der Waals surface area contributed by atoms with Gasteiger partial charge in [0.05, 0.1) is 0 Å². The molecule has 2 heteroatoms. The molecule has 0 aliphatic heterocycles. The van der Waals surface area contributed by atoms with E-state index < -0.39 is 0 Å². The summed E-state index contributed by atoms with van der Waals surface area (Å²) in [7, 11) is 1.69. The molecule has 0 fully saturated rings. The van der Waals surface area contributed by atoms with Gasteiger partial charge in [-0.25, -0.2) is 0 Å². The molecule has 0 saturated heterocycles. The molecule has 0 saturated carbocycles. The first-order valence-electron chi connectivity index (χ1n) is 6.00. The van der Waals surface area contributed by atoms with Crippen molar-refractivity contribution in [1.29, 1.82) is 0 Å². The highest BCUT2D eigenvalue weighted by atomic mass is 16.1. The zero-order valence-corrected chi connectivity index (χ0v) is 10.4. The molecule has 2 nitrogen and oxygen atoms in total. The van der Waals surface area contributed by atoms with E-state index in [0.29, 0.717) is 12.3 Å². The van der Waals surface area contributed by atoms with Gasteiger partial charge in [-0.15, -0.1) is 0 Å². The molecule has 0 heterocycles. The van der Waals surface area contributed by atoms with Crippen molar-refractivity contribution in [1.82, 2.24) is 5.32 Å². The largest absolute Gasteiger partial charge is 0.359 e. The molecule has 0 spiro atoms. The van der Waals surface area contributed by atoms with Crippen molar-refractivity contribution in [2.45, 2.75) is 39.0 Å². The molecule has 1 N–H and O–H groups in total. The maximum atomic E-state index is 11.4. The summed E-state index contributed by atoms with van der Waals surface area (Å²) in [6.45, 7) is 4.28. The molecule has 0 bridgehead atoms. The first-order chi connectivity index (χ1) is 7.71. The molecule has 0 aromatic heterocycles. The highest BCUT2D eigenvalue weighted by Gasteiger charge is 2.12. The van der Waals surface area contributed by atoms with Gasteiger partial charge < -0.3 is 5.32 Å². The van der Waals surface area contributed by atoms with Crippen LogP contribution in [-0.2, 0) is 11.2 Å². The van der Waals surface area contributed by atoms with Gasteiger partial charge in [0.2, 0.25) is 5.91 Å². The number of hydrogen-bond donors (Lipinski definition) is 1. The van der Waals surface area contributed by atoms with E-state index in [9.17, 15) is 4.79 Å². The van der Waals surface area contributed by atoms with Crippen LogP contribution in [0.4, 0.5) is 0 Å². The quantitative estimate of drug-likeness (QED) is 0.810. The number of carbonyl (C=O) groups excluding carboxylic acids is 1. The first-order valence-corrected chi connectivity index (χ1v) is 6.00. The molecule has 1 unspecified atom stereocenters. The van der Waals surface area contributed by atoms with Crippen LogP contribution in [0.5, 0.6) is 0 Å². The summed E-state index contributed by atoms with van der Waals surface area (Å²) >= 11 is 0. The molecule has 16 heavy (non-hydrogen) atoms. The fraction of sp³-hybridized carbons (Fsp3) is 0.500. The second-order valence-electron chi connectivity index (χ2n) is 4.08. The van der Waals surface area contributed by atoms with E-state index in [1.807, 2.05) is 0 Å². The van der Waals surface area contributed by atoms with E-state index in [-0.39, 0.29) is 5.91 Å². The van der Waals surface area contributed by atoms with Crippen LogP contribution in [0.1, 0.15) is 43.7 Å². The molecule has 88 valence electrons. The van der Waals surface area contributed by atoms with Crippen LogP contribution >= 0.6 is 0 Å². The topological polar surface area (TPSA) is 29.1 Å². The maximum absolute atomic E-state index is 11.4. The minimum Gasteiger partial charge on any atom is -0.359 e. The van der Waals surface area contributed by atoms with Crippen LogP contribution in [0.25, 0.3) is 0 Å². The molecule has 1 atom stereocenters. The summed E-state index contributed by atoms with van der Waals surface area (Å²) in [5.41, 5.74) is 2.61. The Labute approximate surface area is 98.1 Å². The molecular weight excluding hydrogens is 198 g/mol. The number of benzene rings is 1. The predicted octanol–water partition coefficient (Wildman–Crippen LogP) is 2.88. The van der Waals surface area contributed by atoms with Gasteiger partial charge in [0.15, 0.2) is 0 Å². The highest BCUT2D eigenvalue weighted by Crippen LogP contribution is 2.23. The zero-order valence-electron chi connectivity index (χ0n) is 10.4. The Bertz CT molecular complexity index is 329. The Balaban J connectivity index is 2.74. The summed E-state index contributed by atoms with van der Waals surface area (Å²) in [6.07, 6.45) is 2.64. The van der Waals surface area contributed by atoms with Gasteiger partial charge in [-0.05, 0) is 29.9 Å². The van der Waals surface area contributed by atoms with E-state index in [1.54, 1.807) is 7.05 Å². The Morgan fingerprint density at radius 2 is 1.88 bits per heavy atom. The monoisotopic (exact) mass is 219 g/mol. The van der Waals surface area contributed by atoms with E-state index in [4.69, 9.17) is 0 Å². The summed E-state index contributed by atoms with van der Waals surface area (Å²) in [5, 5.41) is 2.68. The molecule has 0 radical (unpaired) electrons. The van der Waals surface area contributed by atoms with E-state index >= 15 is 0 Å². The normalized spacial score (nSPS) is 12.2. The number of hydrogen-bond acceptors (Lipinski definition) is 1. The van der Waals surface area contributed by atoms with Gasteiger partial charge in [-0.2, -0.15) is 0 Å². The molecule has 1 aromatic rings. The number of rotatable bonds is 5. The van der Waals surface area contributed by atoms with Crippen molar-refractivity contribution in [3.8, 4) is 0 Å². The molecule has 0 aliphatic carbocycles. The standard InChI is InChI=1S/C14H21NO/c1-4-11-6-8-13(9-7-11)12(5-2)10-14(16)15-3/h6-9,12H,4-5,10H2,1-3H3,(H,15,16). The Morgan fingerprint density at radius 1 is 1.25 bits per heavy atom. The smallest absolute Gasteiger partial charge is 0.220 e. The molecule has 1 aromatic carbocycles. The number of amides is 1. The lowest BCUT2D eigenvalue weighted by atomic mass is 9.92. The summed E-state index contributed by atoms with van der Waals surface area (Å²) in [6, 6.07) is 8.61. The number of aryl methyl sites for hydroxylation is 1. The van der Waals surface area contributed by atoms with E-state index in [0.717, 1.165) is 12.8 Å². The zero-order chi connectivity index (χ0) is 12.0. The number of carbonyl (C=O) groups is 1. The molecular formula is C14H21NO. The van der Waals surface area contributed by atoms with Gasteiger partial charge >= 0.3 is 0 Å². The van der Waals surface area contributed by atoms with Crippen molar-refractivity contribution in [2.75, 3.05) is 7.05 Å². The maximum Gasteiger partial charge on any atom is 0.220 e. The van der Waals surface area contributed by atoms with Gasteiger partial charge in [-0.1, -0.05) is 38.1 Å². The third-order valence-electron chi connectivity index (χ3n) is 3.06. The third kappa shape index (κ3) is 3.37. The van der Waals surface area contributed by atoms with Crippen LogP contribution in [0.2, 0.25) is 0 Å². The van der Waals surface area contributed by atoms with Crippen LogP contribution in [0, 0.1) is 0 Å². The van der Waals surface area contributed by atoms with Gasteiger partial charge in [0.25, 0.3) is 0 Å². The summed E-state index contributed by atoms with van der Waals surface area (Å²) < 4.78 is 0. The van der Waals surface area contributed by atoms with Gasteiger partial charge in [0.1, 0.15) is 0 Å². The van der Waals surface area contributed by atoms with Crippen molar-refractivity contribution >= 4 is 5.91 Å². The predicted molar refractivity (Wildman–Crippen MR) is 67.5 cm³/mol. The summed E-state index contributed by atoms with van der Waals surface area (Å²) in [5.74, 6) is 0.456. The Hall–Kier alpha value is -1.31. The van der Waals surface area contributed by atoms with Crippen molar-refractivity contribution in [2.24, 2.45) is 0 Å². The fourth-order valence-electron chi connectivity index (χ4n) is 1.85. The van der Waals surface area contributed by atoms with Crippen LogP contribution in [0.3, 0.4) is 0 Å². The fourth-order valence-corrected chi connectivity index (χ4v) is 1.85. The van der Waals surface area contributed by atoms with Crippen LogP contribution in [-0.4, -0.2) is 13.0 Å². The second kappa shape index (κ2) is 6.31. The Kier molecular flexibility index (Phi) is 5.03. The van der Waals surface area contributed by atoms with Gasteiger partial charge in [-0.3, -0.25) is 4.79 Å². The Morgan fingerprint density at radius 3 is 2.31 bits per heavy atom. The van der Waals surface area contributed by atoms with E-state index in [1.165, 1.54) is 11.1 Å². The second-order valence-corrected chi connectivity index (χ2v) is 4.08.